The van der Waals surface area contributed by atoms with Crippen LogP contribution < -0.4 is 10.6 Å². The van der Waals surface area contributed by atoms with Crippen molar-refractivity contribution in [3.63, 3.8) is 0 Å². The third kappa shape index (κ3) is 4.64. The van der Waals surface area contributed by atoms with Gasteiger partial charge in [-0.05, 0) is 24.8 Å². The van der Waals surface area contributed by atoms with E-state index in [4.69, 9.17) is 18.9 Å². The molecule has 11 nitrogen and oxygen atoms in total. The largest absolute Gasteiger partial charge is 0.465 e. The maximum Gasteiger partial charge on any atom is 0.417 e. The van der Waals surface area contributed by atoms with E-state index in [2.05, 4.69) is 33.2 Å². The first-order valence-electron chi connectivity index (χ1n) is 12.9. The number of nitrogens with zero attached hydrogens (tertiary/aromatic N) is 1. The summed E-state index contributed by atoms with van der Waals surface area (Å²) in [6, 6.07) is 5.89. The highest BCUT2D eigenvalue weighted by Crippen LogP contribution is 2.55. The van der Waals surface area contributed by atoms with Crippen molar-refractivity contribution in [1.29, 1.82) is 0 Å². The minimum Gasteiger partial charge on any atom is -0.465 e. The number of amides is 3. The van der Waals surface area contributed by atoms with Crippen molar-refractivity contribution in [2.24, 2.45) is 5.92 Å². The Morgan fingerprint density at radius 2 is 1.97 bits per heavy atom. The van der Waals surface area contributed by atoms with Crippen LogP contribution in [0.1, 0.15) is 39.2 Å². The number of halogens is 1. The van der Waals surface area contributed by atoms with Crippen LogP contribution in [0.4, 0.5) is 9.59 Å². The van der Waals surface area contributed by atoms with Crippen molar-refractivity contribution in [3.8, 4) is 0 Å². The molecule has 1 spiro atoms. The highest BCUT2D eigenvalue weighted by molar-refractivity contribution is 14.1. The number of hydrogen-bond acceptors (Lipinski definition) is 9. The summed E-state index contributed by atoms with van der Waals surface area (Å²) in [7, 11) is 0. The molecule has 5 rings (SSSR count). The molecular formula is C26H32IN3O8. The first-order valence-corrected chi connectivity index (χ1v) is 14.2. The molecule has 4 aliphatic rings. The second-order valence-electron chi connectivity index (χ2n) is 10.5. The summed E-state index contributed by atoms with van der Waals surface area (Å²) >= 11 is 2.29. The van der Waals surface area contributed by atoms with Crippen LogP contribution >= 0.6 is 22.6 Å². The Hall–Kier alpha value is -2.45. The van der Waals surface area contributed by atoms with Gasteiger partial charge in [0.1, 0.15) is 30.8 Å². The molecular weight excluding hydrogens is 609 g/mol. The fourth-order valence-corrected chi connectivity index (χ4v) is 7.09. The SMILES string of the molecule is CCOC(=O)[C@@H]1N[C@@H]2C(I)[C@@H]3C[C@@]4(OC(=O)N(C(=O)[C@@H](CC(C)C)NC(=O)OCc5ccccc5)[C@@H]14)[C@H]2O3. The monoisotopic (exact) mass is 641 g/mol. The van der Waals surface area contributed by atoms with Crippen molar-refractivity contribution in [2.75, 3.05) is 6.61 Å². The predicted octanol–water partition coefficient (Wildman–Crippen LogP) is 2.29. The lowest BCUT2D eigenvalue weighted by Gasteiger charge is -2.48. The number of imide groups is 1. The van der Waals surface area contributed by atoms with Crippen molar-refractivity contribution in [2.45, 2.75) is 86.1 Å². The van der Waals surface area contributed by atoms with E-state index >= 15 is 0 Å². The molecule has 38 heavy (non-hydrogen) atoms. The Balaban J connectivity index is 1.40. The van der Waals surface area contributed by atoms with E-state index in [1.54, 1.807) is 6.92 Å². The van der Waals surface area contributed by atoms with E-state index in [9.17, 15) is 19.2 Å². The van der Waals surface area contributed by atoms with Crippen molar-refractivity contribution >= 4 is 46.7 Å². The zero-order valence-corrected chi connectivity index (χ0v) is 23.6. The number of rotatable bonds is 8. The maximum absolute atomic E-state index is 14.0. The number of benzene rings is 1. The molecule has 3 amide bonds. The third-order valence-electron chi connectivity index (χ3n) is 7.58. The Morgan fingerprint density at radius 1 is 1.24 bits per heavy atom. The lowest BCUT2D eigenvalue weighted by molar-refractivity contribution is -0.155. The van der Waals surface area contributed by atoms with Gasteiger partial charge >= 0.3 is 18.2 Å². The van der Waals surface area contributed by atoms with Crippen LogP contribution in [-0.4, -0.2) is 81.5 Å². The fraction of sp³-hybridized carbons (Fsp3) is 0.615. The fourth-order valence-electron chi connectivity index (χ4n) is 6.08. The molecule has 4 aliphatic heterocycles. The van der Waals surface area contributed by atoms with Crippen LogP contribution in [0.25, 0.3) is 0 Å². The van der Waals surface area contributed by atoms with Crippen LogP contribution in [0, 0.1) is 5.92 Å². The molecule has 0 aliphatic carbocycles. The van der Waals surface area contributed by atoms with Gasteiger partial charge < -0.3 is 24.3 Å². The Morgan fingerprint density at radius 3 is 2.63 bits per heavy atom. The number of hydrogen-bond donors (Lipinski definition) is 2. The van der Waals surface area contributed by atoms with Gasteiger partial charge in [0, 0.05) is 6.42 Å². The molecule has 4 saturated heterocycles. The minimum atomic E-state index is -1.16. The average molecular weight is 641 g/mol. The van der Waals surface area contributed by atoms with E-state index in [0.717, 1.165) is 10.5 Å². The smallest absolute Gasteiger partial charge is 0.417 e. The van der Waals surface area contributed by atoms with Crippen LogP contribution in [0.5, 0.6) is 0 Å². The Labute approximate surface area is 234 Å². The summed E-state index contributed by atoms with van der Waals surface area (Å²) in [5, 5.41) is 5.93. The number of carbonyl (C=O) groups excluding carboxylic acids is 4. The number of alkyl carbamates (subject to hydrolysis) is 1. The van der Waals surface area contributed by atoms with Gasteiger partial charge in [0.2, 0.25) is 0 Å². The van der Waals surface area contributed by atoms with E-state index < -0.39 is 53.9 Å². The molecule has 8 atom stereocenters. The first kappa shape index (κ1) is 27.1. The molecule has 2 N–H and O–H groups in total. The molecule has 2 bridgehead atoms. The zero-order valence-electron chi connectivity index (χ0n) is 21.4. The number of carbonyl (C=O) groups is 4. The summed E-state index contributed by atoms with van der Waals surface area (Å²) in [5.41, 5.74) is -0.368. The summed E-state index contributed by atoms with van der Waals surface area (Å²) in [5.74, 6) is -1.22. The lowest BCUT2D eigenvalue weighted by Crippen LogP contribution is -2.76. The van der Waals surface area contributed by atoms with Gasteiger partial charge in [0.25, 0.3) is 5.91 Å². The number of ether oxygens (including phenoxy) is 4. The summed E-state index contributed by atoms with van der Waals surface area (Å²) in [6.45, 7) is 5.67. The predicted molar refractivity (Wildman–Crippen MR) is 141 cm³/mol. The standard InChI is InChI=1S/C26H32IN3O8/c1-4-35-23(32)19-20-26(11-16-17(27)18(29-19)21(26)37-16)38-25(34)30(20)22(31)15(10-13(2)3)28-24(33)36-12-14-8-6-5-7-9-14/h5-9,13,15-21,29H,4,10-12H2,1-3H3,(H,28,33)/t15-,16+,17?,18-,19-,20+,21+,26+/m1/s1. The normalized spacial score (nSPS) is 33.5. The van der Waals surface area contributed by atoms with Crippen molar-refractivity contribution < 1.29 is 38.1 Å². The van der Waals surface area contributed by atoms with Crippen LogP contribution in [0.3, 0.4) is 0 Å². The van der Waals surface area contributed by atoms with E-state index in [1.807, 2.05) is 44.2 Å². The van der Waals surface area contributed by atoms with Gasteiger partial charge in [0.15, 0.2) is 5.60 Å². The highest BCUT2D eigenvalue weighted by atomic mass is 127. The van der Waals surface area contributed by atoms with Gasteiger partial charge in [-0.3, -0.25) is 14.9 Å². The van der Waals surface area contributed by atoms with E-state index in [-0.39, 0.29) is 41.6 Å². The Kier molecular flexibility index (Phi) is 7.57. The summed E-state index contributed by atoms with van der Waals surface area (Å²) in [6.07, 6.45) is -1.69. The number of nitrogens with one attached hydrogen (secondary N) is 2. The maximum atomic E-state index is 14.0. The average Bonchev–Trinajstić information content (AvgIpc) is 3.50. The van der Waals surface area contributed by atoms with Crippen molar-refractivity contribution in [3.05, 3.63) is 35.9 Å². The molecule has 1 unspecified atom stereocenters. The minimum absolute atomic E-state index is 0.00581. The van der Waals surface area contributed by atoms with E-state index in [1.165, 1.54) is 0 Å². The quantitative estimate of drug-likeness (QED) is 0.190. The summed E-state index contributed by atoms with van der Waals surface area (Å²) < 4.78 is 22.8. The molecule has 206 valence electrons. The van der Waals surface area contributed by atoms with Crippen LogP contribution in [0.2, 0.25) is 0 Å². The lowest BCUT2D eigenvalue weighted by atomic mass is 9.70. The third-order valence-corrected chi connectivity index (χ3v) is 9.15. The number of alkyl halides is 1. The molecule has 0 aromatic heterocycles. The molecule has 0 radical (unpaired) electrons. The van der Waals surface area contributed by atoms with Crippen LogP contribution in [0.15, 0.2) is 30.3 Å². The second-order valence-corrected chi connectivity index (χ2v) is 12.0. The molecule has 1 aromatic carbocycles. The molecule has 4 fully saturated rings. The zero-order chi connectivity index (χ0) is 27.2. The van der Waals surface area contributed by atoms with Gasteiger partial charge in [-0.1, -0.05) is 66.8 Å². The van der Waals surface area contributed by atoms with Crippen molar-refractivity contribution in [1.82, 2.24) is 15.5 Å². The van der Waals surface area contributed by atoms with Gasteiger partial charge in [-0.25, -0.2) is 14.5 Å². The summed E-state index contributed by atoms with van der Waals surface area (Å²) in [4.78, 5) is 54.1. The Bertz CT molecular complexity index is 1100. The van der Waals surface area contributed by atoms with Gasteiger partial charge in [-0.2, -0.15) is 0 Å². The number of esters is 1. The first-order chi connectivity index (χ1) is 18.2. The molecule has 0 saturated carbocycles. The number of piperidine rings is 1. The second kappa shape index (κ2) is 10.6. The van der Waals surface area contributed by atoms with Gasteiger partial charge in [-0.15, -0.1) is 0 Å². The highest BCUT2D eigenvalue weighted by Gasteiger charge is 2.76. The number of fused-ring (bicyclic) bond motifs is 1. The van der Waals surface area contributed by atoms with E-state index in [0.29, 0.717) is 6.42 Å². The molecule has 1 aromatic rings. The van der Waals surface area contributed by atoms with Crippen LogP contribution in [-0.2, 0) is 35.1 Å². The molecule has 4 heterocycles. The topological polar surface area (TPSA) is 132 Å². The molecule has 12 heteroatoms. The van der Waals surface area contributed by atoms with Gasteiger partial charge in [0.05, 0.1) is 22.7 Å².